The molecule has 0 saturated carbocycles. The number of ketones is 1. The number of hydrogen-bond acceptors (Lipinski definition) is 7. The highest BCUT2D eigenvalue weighted by molar-refractivity contribution is 6.50. The fourth-order valence-electron chi connectivity index (χ4n) is 5.57. The first-order valence-electron chi connectivity index (χ1n) is 12.6. The highest BCUT2D eigenvalue weighted by Crippen LogP contribution is 2.53. The molecule has 2 saturated heterocycles. The third kappa shape index (κ3) is 3.98. The van der Waals surface area contributed by atoms with Gasteiger partial charge in [0.15, 0.2) is 5.54 Å². The van der Waals surface area contributed by atoms with Crippen LogP contribution in [0.2, 0.25) is 0 Å². The number of likely N-dealkylation sites (tertiary alicyclic amines) is 1. The van der Waals surface area contributed by atoms with E-state index in [1.54, 1.807) is 55.6 Å². The third-order valence-corrected chi connectivity index (χ3v) is 7.34. The monoisotopic (exact) mass is 505 g/mol. The molecule has 0 aromatic heterocycles. The van der Waals surface area contributed by atoms with Crippen LogP contribution in [-0.4, -0.2) is 85.6 Å². The minimum atomic E-state index is -1.73. The van der Waals surface area contributed by atoms with Gasteiger partial charge in [-0.05, 0) is 43.7 Å². The second-order valence-corrected chi connectivity index (χ2v) is 9.37. The zero-order valence-electron chi connectivity index (χ0n) is 21.1. The van der Waals surface area contributed by atoms with Gasteiger partial charge in [-0.3, -0.25) is 19.3 Å². The standard InChI is InChI=1S/C28H31N3O6/c1-3-37-20-11-9-19(10-12-20)24(32)23-25(33)26(34)31(14-6-13-30-15-17-36-18-16-30)28(23)21-7-4-5-8-22(21)29(2)27(28)35/h4-5,7-12,32H,3,6,13-18H2,1-2H3/t28-/m1/s1. The Morgan fingerprint density at radius 1 is 1.03 bits per heavy atom. The quantitative estimate of drug-likeness (QED) is 0.350. The molecule has 1 atom stereocenters. The molecule has 194 valence electrons. The van der Waals surface area contributed by atoms with E-state index in [2.05, 4.69) is 4.90 Å². The van der Waals surface area contributed by atoms with Gasteiger partial charge in [0.2, 0.25) is 0 Å². The summed E-state index contributed by atoms with van der Waals surface area (Å²) in [5, 5.41) is 11.5. The van der Waals surface area contributed by atoms with E-state index < -0.39 is 23.1 Å². The molecule has 3 aliphatic rings. The highest BCUT2D eigenvalue weighted by atomic mass is 16.5. The highest BCUT2D eigenvalue weighted by Gasteiger charge is 2.66. The number of morpholine rings is 1. The van der Waals surface area contributed by atoms with Crippen LogP contribution in [0.1, 0.15) is 24.5 Å². The number of fused-ring (bicyclic) bond motifs is 2. The first-order chi connectivity index (χ1) is 17.9. The van der Waals surface area contributed by atoms with Gasteiger partial charge in [0, 0.05) is 50.0 Å². The molecule has 3 heterocycles. The topological polar surface area (TPSA) is 99.6 Å². The number of carbonyl (C=O) groups is 3. The van der Waals surface area contributed by atoms with E-state index in [-0.39, 0.29) is 17.9 Å². The third-order valence-electron chi connectivity index (χ3n) is 7.34. The van der Waals surface area contributed by atoms with Crippen LogP contribution in [-0.2, 0) is 24.7 Å². The van der Waals surface area contributed by atoms with Gasteiger partial charge in [0.1, 0.15) is 11.5 Å². The van der Waals surface area contributed by atoms with Crippen molar-refractivity contribution in [2.75, 3.05) is 57.9 Å². The summed E-state index contributed by atoms with van der Waals surface area (Å²) in [4.78, 5) is 46.1. The number of aliphatic hydroxyl groups excluding tert-OH is 1. The Morgan fingerprint density at radius 2 is 1.73 bits per heavy atom. The van der Waals surface area contributed by atoms with Crippen LogP contribution in [0, 0.1) is 0 Å². The van der Waals surface area contributed by atoms with Crippen LogP contribution in [0.15, 0.2) is 54.1 Å². The van der Waals surface area contributed by atoms with E-state index in [1.807, 2.05) is 6.92 Å². The molecule has 1 spiro atoms. The van der Waals surface area contributed by atoms with Crippen LogP contribution in [0.3, 0.4) is 0 Å². The molecule has 9 nitrogen and oxygen atoms in total. The zero-order valence-corrected chi connectivity index (χ0v) is 21.1. The van der Waals surface area contributed by atoms with E-state index in [0.717, 1.165) is 13.1 Å². The van der Waals surface area contributed by atoms with Crippen molar-refractivity contribution in [1.82, 2.24) is 9.80 Å². The Balaban J connectivity index is 1.60. The molecule has 2 fully saturated rings. The number of para-hydroxylation sites is 1. The molecule has 0 radical (unpaired) electrons. The van der Waals surface area contributed by atoms with Gasteiger partial charge in [0.25, 0.3) is 17.6 Å². The smallest absolute Gasteiger partial charge is 0.296 e. The Bertz CT molecular complexity index is 1250. The van der Waals surface area contributed by atoms with Gasteiger partial charge >= 0.3 is 0 Å². The number of ether oxygens (including phenoxy) is 2. The summed E-state index contributed by atoms with van der Waals surface area (Å²) in [6.45, 7) is 6.16. The molecule has 37 heavy (non-hydrogen) atoms. The minimum absolute atomic E-state index is 0.190. The average molecular weight is 506 g/mol. The number of anilines is 1. The molecule has 3 aliphatic heterocycles. The number of rotatable bonds is 7. The van der Waals surface area contributed by atoms with E-state index in [1.165, 1.54) is 9.80 Å². The van der Waals surface area contributed by atoms with E-state index in [0.29, 0.717) is 55.4 Å². The first kappa shape index (κ1) is 25.0. The Hall–Kier alpha value is -3.69. The lowest BCUT2D eigenvalue weighted by Crippen LogP contribution is -2.52. The van der Waals surface area contributed by atoms with Gasteiger partial charge in [0.05, 0.1) is 25.4 Å². The molecule has 2 aromatic carbocycles. The number of aliphatic hydroxyl groups is 1. The normalized spacial score (nSPS) is 23.2. The number of benzene rings is 2. The summed E-state index contributed by atoms with van der Waals surface area (Å²) in [5.41, 5.74) is -0.484. The van der Waals surface area contributed by atoms with Gasteiger partial charge in [-0.15, -0.1) is 0 Å². The Kier molecular flexibility index (Phi) is 6.74. The molecular weight excluding hydrogens is 474 g/mol. The van der Waals surface area contributed by atoms with Crippen LogP contribution >= 0.6 is 0 Å². The summed E-state index contributed by atoms with van der Waals surface area (Å²) in [6.07, 6.45) is 0.566. The van der Waals surface area contributed by atoms with Gasteiger partial charge in [-0.25, -0.2) is 0 Å². The number of Topliss-reactive ketones (excluding diaryl/α,β-unsaturated/α-hetero) is 1. The van der Waals surface area contributed by atoms with Crippen molar-refractivity contribution in [1.29, 1.82) is 0 Å². The summed E-state index contributed by atoms with van der Waals surface area (Å²) >= 11 is 0. The number of likely N-dealkylation sites (N-methyl/N-ethyl adjacent to an activating group) is 1. The predicted octanol–water partition coefficient (Wildman–Crippen LogP) is 2.36. The lowest BCUT2D eigenvalue weighted by molar-refractivity contribution is -0.143. The summed E-state index contributed by atoms with van der Waals surface area (Å²) in [5.74, 6) is -1.86. The van der Waals surface area contributed by atoms with Crippen molar-refractivity contribution in [2.45, 2.75) is 18.9 Å². The first-order valence-corrected chi connectivity index (χ1v) is 12.6. The van der Waals surface area contributed by atoms with Crippen molar-refractivity contribution in [3.05, 3.63) is 65.2 Å². The molecule has 0 bridgehead atoms. The maximum Gasteiger partial charge on any atom is 0.296 e. The van der Waals surface area contributed by atoms with Crippen LogP contribution in [0.25, 0.3) is 5.76 Å². The Morgan fingerprint density at radius 3 is 2.43 bits per heavy atom. The van der Waals surface area contributed by atoms with E-state index in [9.17, 15) is 19.5 Å². The number of nitrogens with zero attached hydrogens (tertiary/aromatic N) is 3. The average Bonchev–Trinajstić information content (AvgIpc) is 3.28. The van der Waals surface area contributed by atoms with Crippen molar-refractivity contribution in [2.24, 2.45) is 0 Å². The van der Waals surface area contributed by atoms with Crippen LogP contribution in [0.4, 0.5) is 5.69 Å². The molecule has 1 N–H and O–H groups in total. The minimum Gasteiger partial charge on any atom is -0.507 e. The maximum atomic E-state index is 14.0. The van der Waals surface area contributed by atoms with E-state index in [4.69, 9.17) is 9.47 Å². The summed E-state index contributed by atoms with van der Waals surface area (Å²) < 4.78 is 10.9. The van der Waals surface area contributed by atoms with Crippen LogP contribution in [0.5, 0.6) is 5.75 Å². The SMILES string of the molecule is CCOc1ccc(C(O)=C2C(=O)C(=O)N(CCCN3CCOCC3)[C@@]23C(=O)N(C)c2ccccc23)cc1. The van der Waals surface area contributed by atoms with Crippen LogP contribution < -0.4 is 9.64 Å². The van der Waals surface area contributed by atoms with Gasteiger partial charge in [-0.2, -0.15) is 0 Å². The molecular formula is C28H31N3O6. The number of carbonyl (C=O) groups excluding carboxylic acids is 3. The van der Waals surface area contributed by atoms with Crippen molar-refractivity contribution in [3.63, 3.8) is 0 Å². The van der Waals surface area contributed by atoms with Crippen molar-refractivity contribution in [3.8, 4) is 5.75 Å². The molecule has 2 amide bonds. The zero-order chi connectivity index (χ0) is 26.2. The molecule has 5 rings (SSSR count). The lowest BCUT2D eigenvalue weighted by atomic mass is 9.82. The second-order valence-electron chi connectivity index (χ2n) is 9.37. The fraction of sp³-hybridized carbons (Fsp3) is 0.393. The number of amides is 2. The number of hydrogen-bond donors (Lipinski definition) is 1. The van der Waals surface area contributed by atoms with E-state index >= 15 is 0 Å². The van der Waals surface area contributed by atoms with Crippen molar-refractivity contribution >= 4 is 29.0 Å². The van der Waals surface area contributed by atoms with Gasteiger partial charge in [-0.1, -0.05) is 18.2 Å². The Labute approximate surface area is 215 Å². The molecule has 9 heteroatoms. The van der Waals surface area contributed by atoms with Gasteiger partial charge < -0.3 is 24.4 Å². The summed E-state index contributed by atoms with van der Waals surface area (Å²) in [7, 11) is 1.63. The fourth-order valence-corrected chi connectivity index (χ4v) is 5.57. The maximum absolute atomic E-state index is 14.0. The largest absolute Gasteiger partial charge is 0.507 e. The predicted molar refractivity (Wildman–Crippen MR) is 137 cm³/mol. The second kappa shape index (κ2) is 9.99. The molecule has 2 aromatic rings. The lowest BCUT2D eigenvalue weighted by Gasteiger charge is -2.35. The molecule has 0 unspecified atom stereocenters. The summed E-state index contributed by atoms with van der Waals surface area (Å²) in [6, 6.07) is 13.7. The molecule has 0 aliphatic carbocycles. The van der Waals surface area contributed by atoms with Crippen molar-refractivity contribution < 1.29 is 29.0 Å².